The fourth-order valence-corrected chi connectivity index (χ4v) is 5.98. The Balaban J connectivity index is 1.43. The Kier molecular flexibility index (Phi) is 4.95. The smallest absolute Gasteiger partial charge is 0.220 e. The quantitative estimate of drug-likeness (QED) is 0.425. The van der Waals surface area contributed by atoms with Crippen LogP contribution in [0.25, 0.3) is 34.4 Å². The molecule has 6 nitrogen and oxygen atoms in total. The minimum Gasteiger partial charge on any atom is -0.437 e. The summed E-state index contributed by atoms with van der Waals surface area (Å²) in [5, 5.41) is 4.90. The van der Waals surface area contributed by atoms with Gasteiger partial charge in [-0.15, -0.1) is 0 Å². The Labute approximate surface area is 185 Å². The molecular weight excluding hydrogens is 434 g/mol. The average molecular weight is 454 g/mol. The lowest BCUT2D eigenvalue weighted by atomic mass is 10.1. The van der Waals surface area contributed by atoms with Gasteiger partial charge in [0.05, 0.1) is 23.2 Å². The molecule has 0 N–H and O–H groups in total. The van der Waals surface area contributed by atoms with E-state index in [1.54, 1.807) is 10.8 Å². The first kappa shape index (κ1) is 20.0. The van der Waals surface area contributed by atoms with Crippen LogP contribution in [0.4, 0.5) is 0 Å². The summed E-state index contributed by atoms with van der Waals surface area (Å²) in [6, 6.07) is 15.8. The highest BCUT2D eigenvalue weighted by atomic mass is 35.5. The van der Waals surface area contributed by atoms with Gasteiger partial charge in [0.1, 0.15) is 10.7 Å². The molecule has 0 amide bonds. The van der Waals surface area contributed by atoms with Crippen LogP contribution in [-0.4, -0.2) is 34.7 Å². The maximum Gasteiger partial charge on any atom is 0.220 e. The number of rotatable bonds is 4. The number of oxazole rings is 1. The molecule has 2 aromatic carbocycles. The lowest BCUT2D eigenvalue weighted by molar-refractivity contribution is 0.497. The Hall–Kier alpha value is -2.90. The van der Waals surface area contributed by atoms with E-state index in [-0.39, 0.29) is 17.5 Å². The lowest BCUT2D eigenvalue weighted by Gasteiger charge is -2.09. The number of aryl methyl sites for hydroxylation is 1. The normalized spacial score (nSPS) is 18.3. The number of nitrogens with zero attached hydrogens (tertiary/aromatic N) is 3. The molecule has 1 saturated heterocycles. The van der Waals surface area contributed by atoms with Crippen molar-refractivity contribution >= 4 is 44.7 Å². The standard InChI is InChI=1S/C23H20ClN3O3S/c1-15-19(23(24)27(26-15)18-11-12-31(28,29)14-18)8-10-22-25-20-13-17(7-9-21(20)30-22)16-5-3-2-4-6-16/h2-10,13,18H,11-12,14H2,1H3. The number of fused-ring (bicyclic) bond motifs is 1. The third kappa shape index (κ3) is 3.91. The minimum atomic E-state index is -3.02. The van der Waals surface area contributed by atoms with E-state index in [1.807, 2.05) is 49.4 Å². The van der Waals surface area contributed by atoms with Gasteiger partial charge in [0.25, 0.3) is 0 Å². The van der Waals surface area contributed by atoms with Crippen LogP contribution in [-0.2, 0) is 9.84 Å². The van der Waals surface area contributed by atoms with E-state index >= 15 is 0 Å². The molecular formula is C23H20ClN3O3S. The summed E-state index contributed by atoms with van der Waals surface area (Å²) in [7, 11) is -3.02. The molecule has 1 aliphatic rings. The first-order chi connectivity index (χ1) is 14.9. The highest BCUT2D eigenvalue weighted by molar-refractivity contribution is 7.91. The third-order valence-electron chi connectivity index (χ3n) is 5.53. The van der Waals surface area contributed by atoms with Crippen LogP contribution < -0.4 is 0 Å². The fraction of sp³-hybridized carbons (Fsp3) is 0.217. The first-order valence-corrected chi connectivity index (χ1v) is 12.2. The van der Waals surface area contributed by atoms with E-state index in [9.17, 15) is 8.42 Å². The van der Waals surface area contributed by atoms with Crippen LogP contribution >= 0.6 is 11.6 Å². The SMILES string of the molecule is Cc1nn(C2CCS(=O)(=O)C2)c(Cl)c1C=Cc1nc2cc(-c3ccccc3)ccc2o1. The van der Waals surface area contributed by atoms with Crippen molar-refractivity contribution in [1.29, 1.82) is 0 Å². The predicted octanol–water partition coefficient (Wildman–Crippen LogP) is 5.18. The number of sulfone groups is 1. The third-order valence-corrected chi connectivity index (χ3v) is 7.66. The highest BCUT2D eigenvalue weighted by Gasteiger charge is 2.31. The van der Waals surface area contributed by atoms with E-state index in [4.69, 9.17) is 16.0 Å². The summed E-state index contributed by atoms with van der Waals surface area (Å²) >= 11 is 6.54. The van der Waals surface area contributed by atoms with Crippen molar-refractivity contribution in [3.63, 3.8) is 0 Å². The molecule has 4 aromatic rings. The van der Waals surface area contributed by atoms with Crippen LogP contribution in [0.1, 0.15) is 29.6 Å². The van der Waals surface area contributed by atoms with Crippen LogP contribution in [0.3, 0.4) is 0 Å². The van der Waals surface area contributed by atoms with Crippen LogP contribution in [0.5, 0.6) is 0 Å². The molecule has 1 unspecified atom stereocenters. The zero-order chi connectivity index (χ0) is 21.6. The zero-order valence-corrected chi connectivity index (χ0v) is 18.4. The summed E-state index contributed by atoms with van der Waals surface area (Å²) in [6.45, 7) is 1.85. The highest BCUT2D eigenvalue weighted by Crippen LogP contribution is 2.31. The van der Waals surface area contributed by atoms with Gasteiger partial charge in [-0.3, -0.25) is 0 Å². The molecule has 2 aromatic heterocycles. The molecule has 0 radical (unpaired) electrons. The second kappa shape index (κ2) is 7.66. The van der Waals surface area contributed by atoms with Gasteiger partial charge in [0, 0.05) is 11.6 Å². The summed E-state index contributed by atoms with van der Waals surface area (Å²) in [6.07, 6.45) is 4.10. The van der Waals surface area contributed by atoms with Crippen molar-refractivity contribution in [2.24, 2.45) is 0 Å². The average Bonchev–Trinajstić information content (AvgIpc) is 3.41. The second-order valence-electron chi connectivity index (χ2n) is 7.73. The van der Waals surface area contributed by atoms with Gasteiger partial charge in [0.2, 0.25) is 5.89 Å². The van der Waals surface area contributed by atoms with Gasteiger partial charge in [0.15, 0.2) is 15.4 Å². The molecule has 0 saturated carbocycles. The summed E-state index contributed by atoms with van der Waals surface area (Å²) in [4.78, 5) is 4.57. The van der Waals surface area contributed by atoms with Crippen LogP contribution in [0.15, 0.2) is 52.9 Å². The molecule has 0 spiro atoms. The number of hydrogen-bond donors (Lipinski definition) is 0. The maximum atomic E-state index is 11.8. The van der Waals surface area contributed by atoms with Gasteiger partial charge >= 0.3 is 0 Å². The number of halogens is 1. The summed E-state index contributed by atoms with van der Waals surface area (Å²) in [5.41, 5.74) is 5.13. The van der Waals surface area contributed by atoms with Gasteiger partial charge in [-0.05, 0) is 42.7 Å². The van der Waals surface area contributed by atoms with Crippen molar-refractivity contribution in [1.82, 2.24) is 14.8 Å². The van der Waals surface area contributed by atoms with Crippen molar-refractivity contribution < 1.29 is 12.8 Å². The topological polar surface area (TPSA) is 78.0 Å². The van der Waals surface area contributed by atoms with E-state index in [2.05, 4.69) is 22.2 Å². The lowest BCUT2D eigenvalue weighted by Crippen LogP contribution is -2.12. The second-order valence-corrected chi connectivity index (χ2v) is 10.3. The van der Waals surface area contributed by atoms with E-state index < -0.39 is 9.84 Å². The Morgan fingerprint density at radius 3 is 2.68 bits per heavy atom. The summed E-state index contributed by atoms with van der Waals surface area (Å²) < 4.78 is 31.1. The summed E-state index contributed by atoms with van der Waals surface area (Å²) in [5.74, 6) is 0.713. The first-order valence-electron chi connectivity index (χ1n) is 9.99. The molecule has 5 rings (SSSR count). The van der Waals surface area contributed by atoms with E-state index in [0.29, 0.717) is 23.0 Å². The van der Waals surface area contributed by atoms with Crippen molar-refractivity contribution in [2.75, 3.05) is 11.5 Å². The van der Waals surface area contributed by atoms with Gasteiger partial charge in [-0.1, -0.05) is 48.0 Å². The predicted molar refractivity (Wildman–Crippen MR) is 123 cm³/mol. The number of benzene rings is 2. The van der Waals surface area contributed by atoms with Gasteiger partial charge in [-0.2, -0.15) is 5.10 Å². The van der Waals surface area contributed by atoms with E-state index in [0.717, 1.165) is 27.9 Å². The molecule has 8 heteroatoms. The largest absolute Gasteiger partial charge is 0.437 e. The molecule has 1 aliphatic heterocycles. The molecule has 158 valence electrons. The molecule has 3 heterocycles. The molecule has 0 bridgehead atoms. The minimum absolute atomic E-state index is 0.0753. The Morgan fingerprint density at radius 1 is 1.13 bits per heavy atom. The molecule has 1 atom stereocenters. The van der Waals surface area contributed by atoms with Crippen molar-refractivity contribution in [2.45, 2.75) is 19.4 Å². The zero-order valence-electron chi connectivity index (χ0n) is 16.8. The Morgan fingerprint density at radius 2 is 1.94 bits per heavy atom. The van der Waals surface area contributed by atoms with Crippen LogP contribution in [0, 0.1) is 6.92 Å². The number of aromatic nitrogens is 3. The number of hydrogen-bond acceptors (Lipinski definition) is 5. The maximum absolute atomic E-state index is 11.8. The molecule has 0 aliphatic carbocycles. The Bertz CT molecular complexity index is 1400. The monoisotopic (exact) mass is 453 g/mol. The van der Waals surface area contributed by atoms with Crippen molar-refractivity contribution in [3.05, 3.63) is 70.8 Å². The van der Waals surface area contributed by atoms with Crippen LogP contribution in [0.2, 0.25) is 5.15 Å². The van der Waals surface area contributed by atoms with Gasteiger partial charge < -0.3 is 4.42 Å². The van der Waals surface area contributed by atoms with Crippen molar-refractivity contribution in [3.8, 4) is 11.1 Å². The van der Waals surface area contributed by atoms with Gasteiger partial charge in [-0.25, -0.2) is 18.1 Å². The fourth-order valence-electron chi connectivity index (χ4n) is 3.91. The molecule has 31 heavy (non-hydrogen) atoms. The van der Waals surface area contributed by atoms with E-state index in [1.165, 1.54) is 0 Å². The molecule has 1 fully saturated rings.